The minimum atomic E-state index is 0.589. The van der Waals surface area contributed by atoms with Crippen LogP contribution >= 0.6 is 0 Å². The molecule has 1 aromatic heterocycles. The molecule has 1 atom stereocenters. The third kappa shape index (κ3) is 3.33. The van der Waals surface area contributed by atoms with Gasteiger partial charge in [0.1, 0.15) is 0 Å². The molecule has 18 heavy (non-hydrogen) atoms. The van der Waals surface area contributed by atoms with Gasteiger partial charge in [-0.2, -0.15) is 0 Å². The molecule has 2 nitrogen and oxygen atoms in total. The maximum Gasteiger partial charge on any atom is 0.223 e. The largest absolute Gasteiger partial charge is 0.271 e. The molecule has 1 aromatic carbocycles. The van der Waals surface area contributed by atoms with Gasteiger partial charge in [-0.3, -0.25) is 4.84 Å². The molecule has 0 N–H and O–H groups in total. The summed E-state index contributed by atoms with van der Waals surface area (Å²) in [5.74, 6) is 0.589. The summed E-state index contributed by atoms with van der Waals surface area (Å²) in [4.78, 5) is 5.67. The van der Waals surface area contributed by atoms with E-state index in [-0.39, 0.29) is 0 Å². The van der Waals surface area contributed by atoms with Crippen LogP contribution in [0.2, 0.25) is 0 Å². The Hall–Kier alpha value is -1.83. The number of nitrogens with zero attached hydrogens (tertiary/aromatic N) is 1. The highest BCUT2D eigenvalue weighted by Gasteiger charge is 2.06. The van der Waals surface area contributed by atoms with Crippen molar-refractivity contribution in [3.8, 4) is 11.1 Å². The Balaban J connectivity index is 2.02. The second-order valence-corrected chi connectivity index (χ2v) is 4.62. The predicted molar refractivity (Wildman–Crippen MR) is 73.0 cm³/mol. The van der Waals surface area contributed by atoms with Gasteiger partial charge in [0.2, 0.25) is 12.4 Å². The zero-order valence-corrected chi connectivity index (χ0v) is 11.0. The Morgan fingerprint density at radius 1 is 1.00 bits per heavy atom. The quantitative estimate of drug-likeness (QED) is 0.734. The lowest BCUT2D eigenvalue weighted by Gasteiger charge is -2.05. The minimum Gasteiger partial charge on any atom is -0.271 e. The first kappa shape index (κ1) is 12.6. The molecule has 0 radical (unpaired) electrons. The normalized spacial score (nSPS) is 12.1. The zero-order valence-electron chi connectivity index (χ0n) is 11.0. The van der Waals surface area contributed by atoms with Crippen molar-refractivity contribution >= 4 is 0 Å². The molecule has 1 unspecified atom stereocenters. The van der Waals surface area contributed by atoms with Gasteiger partial charge in [0.25, 0.3) is 0 Å². The Morgan fingerprint density at radius 2 is 1.61 bits per heavy atom. The van der Waals surface area contributed by atoms with Crippen molar-refractivity contribution in [3.63, 3.8) is 0 Å². The van der Waals surface area contributed by atoms with Gasteiger partial charge < -0.3 is 0 Å². The Morgan fingerprint density at radius 3 is 2.22 bits per heavy atom. The lowest BCUT2D eigenvalue weighted by molar-refractivity contribution is -0.892. The minimum absolute atomic E-state index is 0.589. The smallest absolute Gasteiger partial charge is 0.223 e. The van der Waals surface area contributed by atoms with Gasteiger partial charge in [0.15, 0.2) is 6.61 Å². The van der Waals surface area contributed by atoms with E-state index in [2.05, 4.69) is 50.2 Å². The SMILES string of the molecule is CCC(C)CO[n+]1ccc(-c2ccccc2)cc1. The molecule has 2 heteroatoms. The number of benzene rings is 1. The van der Waals surface area contributed by atoms with E-state index in [0.29, 0.717) is 5.92 Å². The number of hydrogen-bond acceptors (Lipinski definition) is 1. The van der Waals surface area contributed by atoms with Crippen LogP contribution in [0, 0.1) is 5.92 Å². The Kier molecular flexibility index (Phi) is 4.35. The first-order valence-electron chi connectivity index (χ1n) is 6.49. The monoisotopic (exact) mass is 242 g/mol. The van der Waals surface area contributed by atoms with Crippen molar-refractivity contribution in [3.05, 3.63) is 54.9 Å². The maximum absolute atomic E-state index is 5.67. The molecule has 0 fully saturated rings. The summed E-state index contributed by atoms with van der Waals surface area (Å²) in [7, 11) is 0. The highest BCUT2D eigenvalue weighted by molar-refractivity contribution is 5.61. The van der Waals surface area contributed by atoms with Gasteiger partial charge in [-0.25, -0.2) is 0 Å². The second kappa shape index (κ2) is 6.20. The van der Waals surface area contributed by atoms with E-state index >= 15 is 0 Å². The van der Waals surface area contributed by atoms with Crippen LogP contribution in [-0.4, -0.2) is 6.61 Å². The van der Waals surface area contributed by atoms with Crippen LogP contribution in [0.25, 0.3) is 11.1 Å². The van der Waals surface area contributed by atoms with Crippen LogP contribution in [0.3, 0.4) is 0 Å². The highest BCUT2D eigenvalue weighted by Crippen LogP contribution is 2.16. The van der Waals surface area contributed by atoms with Gasteiger partial charge in [0.05, 0.1) is 0 Å². The summed E-state index contributed by atoms with van der Waals surface area (Å²) in [6, 6.07) is 14.5. The standard InChI is InChI=1S/C16H20NO/c1-3-14(2)13-18-17-11-9-16(10-12-17)15-7-5-4-6-8-15/h4-12,14H,3,13H2,1-2H3/q+1. The molecule has 0 aliphatic carbocycles. The third-order valence-corrected chi connectivity index (χ3v) is 3.11. The fraction of sp³-hybridized carbons (Fsp3) is 0.312. The summed E-state index contributed by atoms with van der Waals surface area (Å²) in [5, 5.41) is 0. The van der Waals surface area contributed by atoms with Crippen LogP contribution in [0.4, 0.5) is 0 Å². The maximum atomic E-state index is 5.67. The van der Waals surface area contributed by atoms with Gasteiger partial charge in [-0.1, -0.05) is 50.6 Å². The lowest BCUT2D eigenvalue weighted by atomic mass is 10.1. The molecule has 0 saturated heterocycles. The van der Waals surface area contributed by atoms with Crippen molar-refractivity contribution in [2.24, 2.45) is 5.92 Å². The third-order valence-electron chi connectivity index (χ3n) is 3.11. The molecule has 94 valence electrons. The molecule has 0 spiro atoms. The van der Waals surface area contributed by atoms with Crippen molar-refractivity contribution in [2.75, 3.05) is 6.61 Å². The number of pyridine rings is 1. The molecular weight excluding hydrogens is 222 g/mol. The van der Waals surface area contributed by atoms with Crippen LogP contribution in [-0.2, 0) is 0 Å². The molecule has 0 saturated carbocycles. The summed E-state index contributed by atoms with van der Waals surface area (Å²) < 4.78 is 1.78. The van der Waals surface area contributed by atoms with E-state index in [0.717, 1.165) is 13.0 Å². The van der Waals surface area contributed by atoms with Gasteiger partial charge in [-0.05, 0) is 17.0 Å². The fourth-order valence-corrected chi connectivity index (χ4v) is 1.65. The summed E-state index contributed by atoms with van der Waals surface area (Å²) in [6.07, 6.45) is 5.07. The average Bonchev–Trinajstić information content (AvgIpc) is 2.46. The predicted octanol–water partition coefficient (Wildman–Crippen LogP) is 3.12. The lowest BCUT2D eigenvalue weighted by Crippen LogP contribution is -2.43. The molecule has 0 bridgehead atoms. The molecular formula is C16H20NO+. The van der Waals surface area contributed by atoms with E-state index in [1.54, 1.807) is 4.73 Å². The molecule has 1 heterocycles. The Bertz CT molecular complexity index is 464. The number of rotatable bonds is 5. The fourth-order valence-electron chi connectivity index (χ4n) is 1.65. The molecule has 0 aliphatic rings. The van der Waals surface area contributed by atoms with Gasteiger partial charge in [-0.15, -0.1) is 0 Å². The summed E-state index contributed by atoms with van der Waals surface area (Å²) >= 11 is 0. The molecule has 2 rings (SSSR count). The van der Waals surface area contributed by atoms with Crippen LogP contribution in [0.1, 0.15) is 20.3 Å². The van der Waals surface area contributed by atoms with Crippen molar-refractivity contribution in [1.82, 2.24) is 0 Å². The van der Waals surface area contributed by atoms with Gasteiger partial charge >= 0.3 is 0 Å². The van der Waals surface area contributed by atoms with E-state index < -0.39 is 0 Å². The van der Waals surface area contributed by atoms with Crippen LogP contribution < -0.4 is 9.57 Å². The van der Waals surface area contributed by atoms with Gasteiger partial charge in [0, 0.05) is 16.9 Å². The first-order valence-corrected chi connectivity index (χ1v) is 6.49. The average molecular weight is 242 g/mol. The summed E-state index contributed by atoms with van der Waals surface area (Å²) in [5.41, 5.74) is 2.44. The Labute approximate surface area is 109 Å². The summed E-state index contributed by atoms with van der Waals surface area (Å²) in [6.45, 7) is 5.13. The second-order valence-electron chi connectivity index (χ2n) is 4.62. The molecule has 0 aliphatic heterocycles. The van der Waals surface area contributed by atoms with Crippen molar-refractivity contribution in [1.29, 1.82) is 0 Å². The number of aromatic nitrogens is 1. The van der Waals surface area contributed by atoms with Crippen molar-refractivity contribution in [2.45, 2.75) is 20.3 Å². The van der Waals surface area contributed by atoms with Crippen LogP contribution in [0.15, 0.2) is 54.9 Å². The molecule has 0 amide bonds. The van der Waals surface area contributed by atoms with E-state index in [1.807, 2.05) is 18.5 Å². The zero-order chi connectivity index (χ0) is 12.8. The van der Waals surface area contributed by atoms with E-state index in [1.165, 1.54) is 11.1 Å². The molecule has 2 aromatic rings. The first-order chi connectivity index (χ1) is 8.79. The van der Waals surface area contributed by atoms with Crippen molar-refractivity contribution < 1.29 is 9.57 Å². The van der Waals surface area contributed by atoms with E-state index in [4.69, 9.17) is 4.84 Å². The van der Waals surface area contributed by atoms with Crippen LogP contribution in [0.5, 0.6) is 0 Å². The number of hydrogen-bond donors (Lipinski definition) is 0. The van der Waals surface area contributed by atoms with E-state index in [9.17, 15) is 0 Å². The topological polar surface area (TPSA) is 13.1 Å². The highest BCUT2D eigenvalue weighted by atomic mass is 16.7.